The predicted octanol–water partition coefficient (Wildman–Crippen LogP) is 6.04. The Hall–Kier alpha value is -3.06. The van der Waals surface area contributed by atoms with Crippen LogP contribution in [0.25, 0.3) is 5.57 Å². The molecule has 168 valence electrons. The molecule has 0 saturated heterocycles. The molecule has 0 fully saturated rings. The molecule has 0 saturated carbocycles. The fourth-order valence-corrected chi connectivity index (χ4v) is 5.82. The number of sulfonamides is 1. The van der Waals surface area contributed by atoms with E-state index >= 15 is 0 Å². The molecule has 0 aliphatic carbocycles. The smallest absolute Gasteiger partial charge is 0.270 e. The lowest BCUT2D eigenvalue weighted by molar-refractivity contribution is -0.112. The van der Waals surface area contributed by atoms with Crippen molar-refractivity contribution in [3.8, 4) is 0 Å². The van der Waals surface area contributed by atoms with Gasteiger partial charge in [-0.2, -0.15) is 0 Å². The number of hydrogen-bond donors (Lipinski definition) is 1. The lowest BCUT2D eigenvalue weighted by Gasteiger charge is -2.33. The van der Waals surface area contributed by atoms with Crippen LogP contribution < -0.4 is 9.62 Å². The summed E-state index contributed by atoms with van der Waals surface area (Å²) in [6, 6.07) is 18.9. The maximum atomic E-state index is 13.8. The van der Waals surface area contributed by atoms with Gasteiger partial charge in [-0.25, -0.2) is 8.42 Å². The van der Waals surface area contributed by atoms with Crippen molar-refractivity contribution in [1.29, 1.82) is 0 Å². The van der Waals surface area contributed by atoms with Crippen molar-refractivity contribution in [3.63, 3.8) is 0 Å². The number of nitrogens with zero attached hydrogens (tertiary/aromatic N) is 1. The van der Waals surface area contributed by atoms with E-state index in [0.717, 1.165) is 9.87 Å². The Morgan fingerprint density at radius 1 is 1.03 bits per heavy atom. The van der Waals surface area contributed by atoms with Crippen LogP contribution >= 0.6 is 23.2 Å². The molecule has 1 aliphatic rings. The highest BCUT2D eigenvalue weighted by molar-refractivity contribution is 7.97. The molecule has 1 N–H and O–H groups in total. The number of hydrogen-bond acceptors (Lipinski definition) is 3. The van der Waals surface area contributed by atoms with Gasteiger partial charge in [0, 0.05) is 26.9 Å². The standard InChI is InChI=1S/C25H20Cl2N2O3S/c1-3-13-29-22-12-11-18(26)14-20(22)23(17-7-5-4-6-8-17)24(33(29,31)32)25(30)28-21-15-19(27)10-9-16(21)2/h3-12,14-15H,1,13H2,2H3,(H,28,30). The van der Waals surface area contributed by atoms with Gasteiger partial charge >= 0.3 is 0 Å². The number of halogens is 2. The molecule has 5 nitrogen and oxygen atoms in total. The van der Waals surface area contributed by atoms with E-state index in [-0.39, 0.29) is 17.0 Å². The zero-order chi connectivity index (χ0) is 23.8. The van der Waals surface area contributed by atoms with Gasteiger partial charge < -0.3 is 5.32 Å². The van der Waals surface area contributed by atoms with E-state index in [9.17, 15) is 13.2 Å². The number of carbonyl (C=O) groups excluding carboxylic acids is 1. The van der Waals surface area contributed by atoms with Crippen LogP contribution in [-0.2, 0) is 14.8 Å². The molecule has 4 rings (SSSR count). The molecular weight excluding hydrogens is 479 g/mol. The van der Waals surface area contributed by atoms with E-state index in [0.29, 0.717) is 32.5 Å². The van der Waals surface area contributed by atoms with Crippen LogP contribution in [0.15, 0.2) is 84.3 Å². The number of rotatable bonds is 5. The molecule has 0 aromatic heterocycles. The van der Waals surface area contributed by atoms with E-state index < -0.39 is 15.9 Å². The van der Waals surface area contributed by atoms with Crippen molar-refractivity contribution in [3.05, 3.63) is 111 Å². The Morgan fingerprint density at radius 2 is 1.70 bits per heavy atom. The number of nitrogens with one attached hydrogen (secondary N) is 1. The minimum Gasteiger partial charge on any atom is -0.321 e. The van der Waals surface area contributed by atoms with Gasteiger partial charge in [0.25, 0.3) is 15.9 Å². The van der Waals surface area contributed by atoms with Gasteiger partial charge in [-0.1, -0.05) is 65.7 Å². The number of amides is 1. The summed E-state index contributed by atoms with van der Waals surface area (Å²) in [5.41, 5.74) is 3.00. The lowest BCUT2D eigenvalue weighted by Crippen LogP contribution is -2.40. The molecule has 8 heteroatoms. The van der Waals surface area contributed by atoms with E-state index in [4.69, 9.17) is 23.2 Å². The van der Waals surface area contributed by atoms with Gasteiger partial charge in [0.05, 0.1) is 12.2 Å². The molecule has 0 unspecified atom stereocenters. The van der Waals surface area contributed by atoms with Crippen LogP contribution in [0, 0.1) is 6.92 Å². The minimum atomic E-state index is -4.24. The van der Waals surface area contributed by atoms with E-state index in [1.165, 1.54) is 6.08 Å². The molecule has 0 atom stereocenters. The number of anilines is 2. The fourth-order valence-electron chi connectivity index (χ4n) is 3.76. The van der Waals surface area contributed by atoms with Crippen LogP contribution in [0.4, 0.5) is 11.4 Å². The van der Waals surface area contributed by atoms with Gasteiger partial charge in [-0.15, -0.1) is 6.58 Å². The number of carbonyl (C=O) groups is 1. The molecule has 33 heavy (non-hydrogen) atoms. The average molecular weight is 499 g/mol. The first-order valence-electron chi connectivity index (χ1n) is 10.0. The van der Waals surface area contributed by atoms with Crippen molar-refractivity contribution in [2.45, 2.75) is 6.92 Å². The number of fused-ring (bicyclic) bond motifs is 1. The predicted molar refractivity (Wildman–Crippen MR) is 135 cm³/mol. The summed E-state index contributed by atoms with van der Waals surface area (Å²) in [5, 5.41) is 3.58. The van der Waals surface area contributed by atoms with Crippen molar-refractivity contribution >= 4 is 56.1 Å². The van der Waals surface area contributed by atoms with E-state index in [1.54, 1.807) is 67.6 Å². The quantitative estimate of drug-likeness (QED) is 0.436. The second kappa shape index (κ2) is 9.06. The number of benzene rings is 3. The minimum absolute atomic E-state index is 0.00793. The number of aryl methyl sites for hydroxylation is 1. The molecule has 1 amide bonds. The summed E-state index contributed by atoms with van der Waals surface area (Å²) >= 11 is 12.4. The first kappa shape index (κ1) is 23.1. The molecular formula is C25H20Cl2N2O3S. The third-order valence-corrected chi connectivity index (χ3v) is 7.58. The van der Waals surface area contributed by atoms with Crippen molar-refractivity contribution in [1.82, 2.24) is 0 Å². The highest BCUT2D eigenvalue weighted by atomic mass is 35.5. The molecule has 3 aromatic rings. The van der Waals surface area contributed by atoms with Crippen LogP contribution in [0.2, 0.25) is 10.0 Å². The summed E-state index contributed by atoms with van der Waals surface area (Å²) in [7, 11) is -4.24. The molecule has 0 radical (unpaired) electrons. The molecule has 3 aromatic carbocycles. The van der Waals surface area contributed by atoms with Crippen LogP contribution in [0.5, 0.6) is 0 Å². The monoisotopic (exact) mass is 498 g/mol. The van der Waals surface area contributed by atoms with Crippen LogP contribution in [0.1, 0.15) is 16.7 Å². The maximum Gasteiger partial charge on any atom is 0.270 e. The summed E-state index contributed by atoms with van der Waals surface area (Å²) in [6.07, 6.45) is 1.47. The van der Waals surface area contributed by atoms with Gasteiger partial charge in [-0.3, -0.25) is 9.10 Å². The largest absolute Gasteiger partial charge is 0.321 e. The van der Waals surface area contributed by atoms with Gasteiger partial charge in [-0.05, 0) is 48.4 Å². The molecule has 1 aliphatic heterocycles. The first-order valence-corrected chi connectivity index (χ1v) is 12.2. The van der Waals surface area contributed by atoms with Crippen molar-refractivity contribution in [2.24, 2.45) is 0 Å². The lowest BCUT2D eigenvalue weighted by atomic mass is 9.95. The SMILES string of the molecule is C=CCN1c2ccc(Cl)cc2C(c2ccccc2)=C(C(=O)Nc2cc(Cl)ccc2C)S1(=O)=O. The topological polar surface area (TPSA) is 66.5 Å². The Balaban J connectivity index is 2.02. The summed E-state index contributed by atoms with van der Waals surface area (Å²) in [5.74, 6) is -0.765. The Morgan fingerprint density at radius 3 is 2.39 bits per heavy atom. The van der Waals surface area contributed by atoms with E-state index in [2.05, 4.69) is 11.9 Å². The maximum absolute atomic E-state index is 13.8. The van der Waals surface area contributed by atoms with Gasteiger partial charge in [0.15, 0.2) is 4.91 Å². The van der Waals surface area contributed by atoms with Crippen molar-refractivity contribution < 1.29 is 13.2 Å². The summed E-state index contributed by atoms with van der Waals surface area (Å²) < 4.78 is 28.8. The first-order chi connectivity index (χ1) is 15.7. The highest BCUT2D eigenvalue weighted by Gasteiger charge is 2.41. The zero-order valence-electron chi connectivity index (χ0n) is 17.7. The van der Waals surface area contributed by atoms with Gasteiger partial charge in [0.2, 0.25) is 0 Å². The molecule has 0 bridgehead atoms. The Kier molecular flexibility index (Phi) is 6.34. The summed E-state index contributed by atoms with van der Waals surface area (Å²) in [4.78, 5) is 13.2. The summed E-state index contributed by atoms with van der Waals surface area (Å²) in [6.45, 7) is 5.47. The molecule has 1 heterocycles. The van der Waals surface area contributed by atoms with Crippen LogP contribution in [0.3, 0.4) is 0 Å². The Bertz CT molecular complexity index is 1400. The van der Waals surface area contributed by atoms with Crippen molar-refractivity contribution in [2.75, 3.05) is 16.2 Å². The van der Waals surface area contributed by atoms with Crippen LogP contribution in [-0.4, -0.2) is 20.9 Å². The average Bonchev–Trinajstić information content (AvgIpc) is 2.78. The van der Waals surface area contributed by atoms with E-state index in [1.807, 2.05) is 6.07 Å². The van der Waals surface area contributed by atoms with Gasteiger partial charge in [0.1, 0.15) is 0 Å². The third-order valence-electron chi connectivity index (χ3n) is 5.28. The fraction of sp³-hybridized carbons (Fsp3) is 0.0800. The Labute approximate surface area is 203 Å². The second-order valence-corrected chi connectivity index (χ2v) is 10.1. The third kappa shape index (κ3) is 4.29. The molecule has 0 spiro atoms. The highest BCUT2D eigenvalue weighted by Crippen LogP contribution is 2.44. The second-order valence-electron chi connectivity index (χ2n) is 7.47. The zero-order valence-corrected chi connectivity index (χ0v) is 20.0. The normalized spacial score (nSPS) is 14.6.